The van der Waals surface area contributed by atoms with Gasteiger partial charge in [-0.3, -0.25) is 4.40 Å². The average Bonchev–Trinajstić information content (AvgIpc) is 3.07. The van der Waals surface area contributed by atoms with E-state index in [4.69, 9.17) is 0 Å². The molecule has 0 saturated carbocycles. The molecule has 0 unspecified atom stereocenters. The number of aromatic nitrogens is 2. The van der Waals surface area contributed by atoms with Crippen LogP contribution in [0.15, 0.2) is 35.8 Å². The van der Waals surface area contributed by atoms with E-state index < -0.39 is 0 Å². The molecule has 1 aliphatic heterocycles. The Hall–Kier alpha value is -1.85. The average molecular weight is 285 g/mol. The van der Waals surface area contributed by atoms with Crippen LogP contribution in [-0.4, -0.2) is 21.0 Å². The molecule has 0 fully saturated rings. The fourth-order valence-electron chi connectivity index (χ4n) is 2.90. The Bertz CT molecular complexity index is 761. The van der Waals surface area contributed by atoms with Gasteiger partial charge in [-0.05, 0) is 17.5 Å². The second kappa shape index (κ2) is 4.61. The maximum atomic E-state index is 9.67. The van der Waals surface area contributed by atoms with E-state index in [-0.39, 0.29) is 6.61 Å². The molecule has 0 aliphatic carbocycles. The molecule has 4 rings (SSSR count). The minimum atomic E-state index is 0.0192. The van der Waals surface area contributed by atoms with Gasteiger partial charge in [0.25, 0.3) is 0 Å². The lowest BCUT2D eigenvalue weighted by Gasteiger charge is -2.29. The van der Waals surface area contributed by atoms with Crippen molar-refractivity contribution in [3.63, 3.8) is 0 Å². The van der Waals surface area contributed by atoms with Crippen molar-refractivity contribution < 1.29 is 5.11 Å². The van der Waals surface area contributed by atoms with Crippen LogP contribution in [0.25, 0.3) is 4.96 Å². The third-order valence-corrected chi connectivity index (χ3v) is 4.68. The van der Waals surface area contributed by atoms with Crippen LogP contribution in [-0.2, 0) is 19.6 Å². The van der Waals surface area contributed by atoms with Gasteiger partial charge in [-0.1, -0.05) is 24.3 Å². The topological polar surface area (TPSA) is 40.8 Å². The van der Waals surface area contributed by atoms with Crippen molar-refractivity contribution in [1.82, 2.24) is 9.38 Å². The van der Waals surface area contributed by atoms with Crippen LogP contribution in [0.4, 0.5) is 5.82 Å². The third kappa shape index (κ3) is 1.74. The summed E-state index contributed by atoms with van der Waals surface area (Å²) in [5, 5.41) is 11.7. The van der Waals surface area contributed by atoms with Crippen molar-refractivity contribution in [2.75, 3.05) is 11.4 Å². The smallest absolute Gasteiger partial charge is 0.195 e. The van der Waals surface area contributed by atoms with E-state index in [9.17, 15) is 5.11 Å². The second-order valence-electron chi connectivity index (χ2n) is 5.04. The van der Waals surface area contributed by atoms with Crippen LogP contribution < -0.4 is 4.90 Å². The summed E-state index contributed by atoms with van der Waals surface area (Å²) in [6.45, 7) is 1.84. The molecule has 20 heavy (non-hydrogen) atoms. The quantitative estimate of drug-likeness (QED) is 0.786. The predicted molar refractivity (Wildman–Crippen MR) is 80.2 cm³/mol. The molecule has 102 valence electrons. The highest BCUT2D eigenvalue weighted by Gasteiger charge is 2.22. The first-order valence-electron chi connectivity index (χ1n) is 6.74. The SMILES string of the molecule is OCc1c(N2CCc3ccccc3C2)nc2sccn12. The van der Waals surface area contributed by atoms with Gasteiger partial charge < -0.3 is 10.0 Å². The summed E-state index contributed by atoms with van der Waals surface area (Å²) in [5.74, 6) is 0.925. The molecule has 0 bridgehead atoms. The molecular weight excluding hydrogens is 270 g/mol. The van der Waals surface area contributed by atoms with Gasteiger partial charge in [0.05, 0.1) is 12.3 Å². The Morgan fingerprint density at radius 2 is 2.10 bits per heavy atom. The molecule has 0 atom stereocenters. The fraction of sp³-hybridized carbons (Fsp3) is 0.267. The number of hydrogen-bond donors (Lipinski definition) is 1. The molecule has 3 aromatic rings. The molecule has 0 spiro atoms. The lowest BCUT2D eigenvalue weighted by Crippen LogP contribution is -2.31. The van der Waals surface area contributed by atoms with E-state index >= 15 is 0 Å². The lowest BCUT2D eigenvalue weighted by molar-refractivity contribution is 0.276. The Balaban J connectivity index is 1.75. The van der Waals surface area contributed by atoms with Crippen molar-refractivity contribution in [2.24, 2.45) is 0 Å². The Morgan fingerprint density at radius 1 is 1.25 bits per heavy atom. The number of thiazole rings is 1. The largest absolute Gasteiger partial charge is 0.390 e. The van der Waals surface area contributed by atoms with Crippen LogP contribution in [0.5, 0.6) is 0 Å². The Labute approximate surface area is 120 Å². The molecule has 5 heteroatoms. The molecule has 0 saturated heterocycles. The van der Waals surface area contributed by atoms with Crippen molar-refractivity contribution >= 4 is 22.1 Å². The summed E-state index contributed by atoms with van der Waals surface area (Å²) < 4.78 is 1.99. The summed E-state index contributed by atoms with van der Waals surface area (Å²) in [4.78, 5) is 7.91. The van der Waals surface area contributed by atoms with Crippen molar-refractivity contribution in [3.8, 4) is 0 Å². The highest BCUT2D eigenvalue weighted by atomic mass is 32.1. The molecular formula is C15H15N3OS. The molecule has 1 N–H and O–H groups in total. The predicted octanol–water partition coefficient (Wildman–Crippen LogP) is 2.45. The molecule has 0 amide bonds. The molecule has 2 aromatic heterocycles. The van der Waals surface area contributed by atoms with Crippen molar-refractivity contribution in [1.29, 1.82) is 0 Å². The second-order valence-corrected chi connectivity index (χ2v) is 5.91. The molecule has 0 radical (unpaired) electrons. The minimum Gasteiger partial charge on any atom is -0.390 e. The highest BCUT2D eigenvalue weighted by Crippen LogP contribution is 2.29. The minimum absolute atomic E-state index is 0.0192. The van der Waals surface area contributed by atoms with Gasteiger partial charge >= 0.3 is 0 Å². The summed E-state index contributed by atoms with van der Waals surface area (Å²) in [6.07, 6.45) is 3.01. The zero-order chi connectivity index (χ0) is 13.5. The van der Waals surface area contributed by atoms with Gasteiger partial charge in [0.2, 0.25) is 0 Å². The molecule has 3 heterocycles. The van der Waals surface area contributed by atoms with Gasteiger partial charge in [0.15, 0.2) is 10.8 Å². The van der Waals surface area contributed by atoms with E-state index in [2.05, 4.69) is 34.1 Å². The zero-order valence-corrected chi connectivity index (χ0v) is 11.8. The maximum Gasteiger partial charge on any atom is 0.195 e. The first kappa shape index (κ1) is 11.9. The number of aliphatic hydroxyl groups is 1. The number of benzene rings is 1. The first-order chi connectivity index (χ1) is 9.86. The summed E-state index contributed by atoms with van der Waals surface area (Å²) in [5.41, 5.74) is 3.68. The lowest BCUT2D eigenvalue weighted by atomic mass is 10.00. The van der Waals surface area contributed by atoms with Crippen LogP contribution in [0, 0.1) is 0 Å². The number of fused-ring (bicyclic) bond motifs is 2. The van der Waals surface area contributed by atoms with Crippen LogP contribution in [0.2, 0.25) is 0 Å². The summed E-state index contributed by atoms with van der Waals surface area (Å²) >= 11 is 1.60. The van der Waals surface area contributed by atoms with Gasteiger partial charge in [-0.2, -0.15) is 0 Å². The van der Waals surface area contributed by atoms with Crippen molar-refractivity contribution in [3.05, 3.63) is 52.7 Å². The van der Waals surface area contributed by atoms with Gasteiger partial charge in [0.1, 0.15) is 0 Å². The number of hydrogen-bond acceptors (Lipinski definition) is 4. The number of aliphatic hydroxyl groups excluding tert-OH is 1. The van der Waals surface area contributed by atoms with Gasteiger partial charge in [-0.25, -0.2) is 4.98 Å². The molecule has 4 nitrogen and oxygen atoms in total. The summed E-state index contributed by atoms with van der Waals surface area (Å²) in [6, 6.07) is 8.56. The normalized spacial score (nSPS) is 14.8. The number of imidazole rings is 1. The van der Waals surface area contributed by atoms with E-state index in [0.29, 0.717) is 0 Å². The zero-order valence-electron chi connectivity index (χ0n) is 11.0. The van der Waals surface area contributed by atoms with Crippen LogP contribution in [0.1, 0.15) is 16.8 Å². The van der Waals surface area contributed by atoms with E-state index in [0.717, 1.165) is 36.0 Å². The van der Waals surface area contributed by atoms with E-state index in [1.54, 1.807) is 11.3 Å². The van der Waals surface area contributed by atoms with Crippen LogP contribution in [0.3, 0.4) is 0 Å². The molecule has 1 aromatic carbocycles. The molecule has 1 aliphatic rings. The van der Waals surface area contributed by atoms with E-state index in [1.807, 2.05) is 16.0 Å². The Kier molecular flexibility index (Phi) is 2.75. The monoisotopic (exact) mass is 285 g/mol. The Morgan fingerprint density at radius 3 is 2.95 bits per heavy atom. The third-order valence-electron chi connectivity index (χ3n) is 3.92. The van der Waals surface area contributed by atoms with Gasteiger partial charge in [-0.15, -0.1) is 11.3 Å². The van der Waals surface area contributed by atoms with Crippen molar-refractivity contribution in [2.45, 2.75) is 19.6 Å². The van der Waals surface area contributed by atoms with Gasteiger partial charge in [0, 0.05) is 24.7 Å². The summed E-state index contributed by atoms with van der Waals surface area (Å²) in [7, 11) is 0. The maximum absolute atomic E-state index is 9.67. The standard InChI is InChI=1S/C15H15N3OS/c19-10-13-14(16-15-18(13)7-8-20-15)17-6-5-11-3-1-2-4-12(11)9-17/h1-4,7-8,19H,5-6,9-10H2. The van der Waals surface area contributed by atoms with E-state index in [1.165, 1.54) is 11.1 Å². The fourth-order valence-corrected chi connectivity index (χ4v) is 3.63. The van der Waals surface area contributed by atoms with Crippen LogP contribution >= 0.6 is 11.3 Å². The number of nitrogens with zero attached hydrogens (tertiary/aromatic N) is 3. The number of anilines is 1. The number of rotatable bonds is 2. The highest BCUT2D eigenvalue weighted by molar-refractivity contribution is 7.15. The first-order valence-corrected chi connectivity index (χ1v) is 7.62.